The summed E-state index contributed by atoms with van der Waals surface area (Å²) in [6.07, 6.45) is 5.53. The zero-order valence-corrected chi connectivity index (χ0v) is 18.0. The summed E-state index contributed by atoms with van der Waals surface area (Å²) in [6, 6.07) is 5.22. The lowest BCUT2D eigenvalue weighted by Crippen LogP contribution is -2.38. The zero-order chi connectivity index (χ0) is 21.8. The van der Waals surface area contributed by atoms with Crippen LogP contribution < -0.4 is 4.74 Å². The monoisotopic (exact) mass is 449 g/mol. The van der Waals surface area contributed by atoms with E-state index in [1.165, 1.54) is 28.8 Å². The van der Waals surface area contributed by atoms with Crippen LogP contribution in [-0.4, -0.2) is 45.8 Å². The van der Waals surface area contributed by atoms with E-state index in [1.54, 1.807) is 16.8 Å². The van der Waals surface area contributed by atoms with Gasteiger partial charge in [0.05, 0.1) is 12.8 Å². The van der Waals surface area contributed by atoms with Gasteiger partial charge < -0.3 is 9.26 Å². The van der Waals surface area contributed by atoms with Gasteiger partial charge in [-0.15, -0.1) is 0 Å². The summed E-state index contributed by atoms with van der Waals surface area (Å²) in [5.74, 6) is 0.924. The van der Waals surface area contributed by atoms with Crippen molar-refractivity contribution in [1.82, 2.24) is 24.2 Å². The number of hydrogen-bond donors (Lipinski definition) is 0. The lowest BCUT2D eigenvalue weighted by Gasteiger charge is -2.31. The summed E-state index contributed by atoms with van der Waals surface area (Å²) in [5, 5.41) is 8.07. The SMILES string of the molecule is CCn1cc(S(=O)(=O)N2CCCCC2c2nc(CCOc3ccc(F)cc3)no2)cn1. The highest BCUT2D eigenvalue weighted by molar-refractivity contribution is 7.89. The quantitative estimate of drug-likeness (QED) is 0.521. The lowest BCUT2D eigenvalue weighted by atomic mass is 10.1. The summed E-state index contributed by atoms with van der Waals surface area (Å²) in [5.41, 5.74) is 0. The van der Waals surface area contributed by atoms with Gasteiger partial charge in [0.1, 0.15) is 22.5 Å². The van der Waals surface area contributed by atoms with Gasteiger partial charge in [0.15, 0.2) is 5.82 Å². The maximum Gasteiger partial charge on any atom is 0.246 e. The normalized spacial score (nSPS) is 17.7. The number of sulfonamides is 1. The standard InChI is InChI=1S/C20H24FN5O4S/c1-2-25-14-17(13-22-25)31(27,28)26-11-4-3-5-18(26)20-23-19(24-30-20)10-12-29-16-8-6-15(21)7-9-16/h6-9,13-14,18H,2-5,10-12H2,1H3. The second-order valence-electron chi connectivity index (χ2n) is 7.26. The van der Waals surface area contributed by atoms with Crippen molar-refractivity contribution in [3.8, 4) is 5.75 Å². The van der Waals surface area contributed by atoms with Crippen LogP contribution in [-0.2, 0) is 23.0 Å². The summed E-state index contributed by atoms with van der Waals surface area (Å²) in [7, 11) is -3.73. The predicted octanol–water partition coefficient (Wildman–Crippen LogP) is 2.96. The van der Waals surface area contributed by atoms with Gasteiger partial charge in [0.2, 0.25) is 15.9 Å². The summed E-state index contributed by atoms with van der Waals surface area (Å²) >= 11 is 0. The third-order valence-electron chi connectivity index (χ3n) is 5.17. The van der Waals surface area contributed by atoms with Crippen molar-refractivity contribution in [3.05, 3.63) is 54.2 Å². The first kappa shape index (κ1) is 21.4. The maximum atomic E-state index is 13.2. The molecule has 0 radical (unpaired) electrons. The van der Waals surface area contributed by atoms with Crippen LogP contribution in [0.2, 0.25) is 0 Å². The van der Waals surface area contributed by atoms with E-state index in [9.17, 15) is 12.8 Å². The molecule has 0 amide bonds. The van der Waals surface area contributed by atoms with Gasteiger partial charge in [-0.1, -0.05) is 11.6 Å². The van der Waals surface area contributed by atoms with Gasteiger partial charge in [-0.05, 0) is 44.0 Å². The molecule has 1 aliphatic heterocycles. The van der Waals surface area contributed by atoms with Gasteiger partial charge >= 0.3 is 0 Å². The molecule has 0 saturated carbocycles. The number of benzene rings is 1. The van der Waals surface area contributed by atoms with Crippen LogP contribution >= 0.6 is 0 Å². The van der Waals surface area contributed by atoms with Crippen LogP contribution in [0, 0.1) is 5.82 Å². The molecule has 1 aliphatic rings. The van der Waals surface area contributed by atoms with E-state index in [2.05, 4.69) is 15.2 Å². The van der Waals surface area contributed by atoms with Crippen molar-refractivity contribution in [2.45, 2.75) is 50.1 Å². The highest BCUT2D eigenvalue weighted by atomic mass is 32.2. The summed E-state index contributed by atoms with van der Waals surface area (Å²) in [4.78, 5) is 4.57. The molecule has 0 bridgehead atoms. The van der Waals surface area contributed by atoms with E-state index in [-0.39, 0.29) is 23.2 Å². The molecule has 9 nitrogen and oxygen atoms in total. The van der Waals surface area contributed by atoms with E-state index >= 15 is 0 Å². The van der Waals surface area contributed by atoms with Crippen LogP contribution in [0.4, 0.5) is 4.39 Å². The Kier molecular flexibility index (Phi) is 6.33. The molecule has 1 unspecified atom stereocenters. The van der Waals surface area contributed by atoms with Crippen molar-refractivity contribution in [2.24, 2.45) is 0 Å². The van der Waals surface area contributed by atoms with Crippen LogP contribution in [0.15, 0.2) is 46.1 Å². The number of halogens is 1. The minimum Gasteiger partial charge on any atom is -0.493 e. The summed E-state index contributed by atoms with van der Waals surface area (Å²) in [6.45, 7) is 3.15. The Balaban J connectivity index is 1.45. The molecule has 4 rings (SSSR count). The summed E-state index contributed by atoms with van der Waals surface area (Å²) < 4.78 is 53.3. The Morgan fingerprint density at radius 2 is 2.06 bits per heavy atom. The second kappa shape index (κ2) is 9.15. The smallest absolute Gasteiger partial charge is 0.246 e. The number of aryl methyl sites for hydroxylation is 1. The Labute approximate surface area is 179 Å². The zero-order valence-electron chi connectivity index (χ0n) is 17.1. The molecular weight excluding hydrogens is 425 g/mol. The third kappa shape index (κ3) is 4.77. The Morgan fingerprint density at radius 1 is 1.26 bits per heavy atom. The molecule has 1 fully saturated rings. The van der Waals surface area contributed by atoms with Crippen LogP contribution in [0.1, 0.15) is 43.9 Å². The molecule has 1 aromatic carbocycles. The number of hydrogen-bond acceptors (Lipinski definition) is 7. The lowest BCUT2D eigenvalue weighted by molar-refractivity contribution is 0.204. The molecular formula is C20H24FN5O4S. The van der Waals surface area contributed by atoms with Gasteiger partial charge in [-0.3, -0.25) is 4.68 Å². The van der Waals surface area contributed by atoms with E-state index in [0.29, 0.717) is 37.5 Å². The highest BCUT2D eigenvalue weighted by Crippen LogP contribution is 2.34. The first-order chi connectivity index (χ1) is 15.0. The number of ether oxygens (including phenoxy) is 1. The maximum absolute atomic E-state index is 13.2. The second-order valence-corrected chi connectivity index (χ2v) is 9.15. The van der Waals surface area contributed by atoms with Crippen LogP contribution in [0.3, 0.4) is 0 Å². The first-order valence-electron chi connectivity index (χ1n) is 10.2. The van der Waals surface area contributed by atoms with Crippen LogP contribution in [0.5, 0.6) is 5.75 Å². The third-order valence-corrected chi connectivity index (χ3v) is 7.03. The molecule has 2 aromatic heterocycles. The largest absolute Gasteiger partial charge is 0.493 e. The fourth-order valence-corrected chi connectivity index (χ4v) is 5.13. The van der Waals surface area contributed by atoms with Crippen molar-refractivity contribution < 1.29 is 22.1 Å². The number of aromatic nitrogens is 4. The molecule has 1 saturated heterocycles. The minimum atomic E-state index is -3.73. The highest BCUT2D eigenvalue weighted by Gasteiger charge is 2.38. The number of nitrogens with zero attached hydrogens (tertiary/aromatic N) is 5. The topological polar surface area (TPSA) is 103 Å². The van der Waals surface area contributed by atoms with E-state index in [4.69, 9.17) is 9.26 Å². The fraction of sp³-hybridized carbons (Fsp3) is 0.450. The molecule has 31 heavy (non-hydrogen) atoms. The average molecular weight is 450 g/mol. The molecule has 3 aromatic rings. The van der Waals surface area contributed by atoms with Crippen molar-refractivity contribution in [1.29, 1.82) is 0 Å². The van der Waals surface area contributed by atoms with E-state index < -0.39 is 16.1 Å². The Bertz CT molecular complexity index is 1110. The molecule has 3 heterocycles. The number of piperidine rings is 1. The van der Waals surface area contributed by atoms with E-state index in [1.807, 2.05) is 6.92 Å². The van der Waals surface area contributed by atoms with Gasteiger partial charge in [0, 0.05) is 25.7 Å². The fourth-order valence-electron chi connectivity index (χ4n) is 3.52. The molecule has 166 valence electrons. The first-order valence-corrected chi connectivity index (χ1v) is 11.7. The van der Waals surface area contributed by atoms with E-state index in [0.717, 1.165) is 12.8 Å². The van der Waals surface area contributed by atoms with Gasteiger partial charge in [-0.25, -0.2) is 12.8 Å². The minimum absolute atomic E-state index is 0.161. The Hall–Kier alpha value is -2.79. The molecule has 0 N–H and O–H groups in total. The predicted molar refractivity (Wildman–Crippen MR) is 108 cm³/mol. The molecule has 11 heteroatoms. The van der Waals surface area contributed by atoms with Gasteiger partial charge in [0.25, 0.3) is 0 Å². The average Bonchev–Trinajstić information content (AvgIpc) is 3.45. The Morgan fingerprint density at radius 3 is 2.81 bits per heavy atom. The van der Waals surface area contributed by atoms with Crippen molar-refractivity contribution in [2.75, 3.05) is 13.2 Å². The van der Waals surface area contributed by atoms with Gasteiger partial charge in [-0.2, -0.15) is 14.4 Å². The molecule has 0 aliphatic carbocycles. The molecule has 0 spiro atoms. The number of rotatable bonds is 8. The van der Waals surface area contributed by atoms with Crippen molar-refractivity contribution >= 4 is 10.0 Å². The van der Waals surface area contributed by atoms with Crippen LogP contribution in [0.25, 0.3) is 0 Å². The van der Waals surface area contributed by atoms with Crippen molar-refractivity contribution in [3.63, 3.8) is 0 Å². The molecule has 1 atom stereocenters.